The summed E-state index contributed by atoms with van der Waals surface area (Å²) in [7, 11) is 0. The first-order valence-corrected chi connectivity index (χ1v) is 5.55. The maximum Gasteiger partial charge on any atom is 0.0687 e. The van der Waals surface area contributed by atoms with Crippen molar-refractivity contribution in [3.05, 3.63) is 58.6 Å². The smallest absolute Gasteiger partial charge is 0.0687 e. The van der Waals surface area contributed by atoms with Gasteiger partial charge in [0.15, 0.2) is 0 Å². The summed E-state index contributed by atoms with van der Waals surface area (Å²) in [6.07, 6.45) is 0. The predicted octanol–water partition coefficient (Wildman–Crippen LogP) is 3.61. The Morgan fingerprint density at radius 2 is 1.73 bits per heavy atom. The zero-order valence-electron chi connectivity index (χ0n) is 8.15. The summed E-state index contributed by atoms with van der Waals surface area (Å²) >= 11 is 3.44. The van der Waals surface area contributed by atoms with E-state index in [2.05, 4.69) is 15.9 Å². The second-order valence-corrected chi connectivity index (χ2v) is 4.24. The molecule has 0 unspecified atom stereocenters. The van der Waals surface area contributed by atoms with Crippen LogP contribution < -0.4 is 0 Å². The van der Waals surface area contributed by atoms with Crippen molar-refractivity contribution >= 4 is 15.9 Å². The van der Waals surface area contributed by atoms with Crippen molar-refractivity contribution in [1.82, 2.24) is 0 Å². The summed E-state index contributed by atoms with van der Waals surface area (Å²) in [5.74, 6) is 0. The van der Waals surface area contributed by atoms with Crippen LogP contribution in [0.2, 0.25) is 0 Å². The first-order valence-electron chi connectivity index (χ1n) is 4.76. The van der Waals surface area contributed by atoms with E-state index in [9.17, 15) is 5.11 Å². The molecule has 0 atom stereocenters. The molecule has 0 aliphatic carbocycles. The fourth-order valence-corrected chi connectivity index (χ4v) is 1.93. The fraction of sp³-hybridized carbons (Fsp3) is 0.0769. The van der Waals surface area contributed by atoms with Gasteiger partial charge in [-0.05, 0) is 28.8 Å². The highest BCUT2D eigenvalue weighted by Crippen LogP contribution is 2.26. The van der Waals surface area contributed by atoms with Crippen molar-refractivity contribution < 1.29 is 5.11 Å². The van der Waals surface area contributed by atoms with Crippen molar-refractivity contribution in [2.24, 2.45) is 0 Å². The molecule has 76 valence electrons. The van der Waals surface area contributed by atoms with E-state index in [4.69, 9.17) is 0 Å². The zero-order chi connectivity index (χ0) is 10.7. The van der Waals surface area contributed by atoms with Crippen LogP contribution in [0.5, 0.6) is 0 Å². The monoisotopic (exact) mass is 262 g/mol. The van der Waals surface area contributed by atoms with E-state index in [1.165, 1.54) is 0 Å². The predicted molar refractivity (Wildman–Crippen MR) is 65.5 cm³/mol. The van der Waals surface area contributed by atoms with E-state index in [0.29, 0.717) is 0 Å². The Labute approximate surface area is 97.5 Å². The molecule has 2 aromatic carbocycles. The number of hydrogen-bond donors (Lipinski definition) is 1. The highest BCUT2D eigenvalue weighted by Gasteiger charge is 2.04. The van der Waals surface area contributed by atoms with Gasteiger partial charge in [-0.25, -0.2) is 0 Å². The van der Waals surface area contributed by atoms with Gasteiger partial charge in [-0.2, -0.15) is 0 Å². The average molecular weight is 263 g/mol. The molecular weight excluding hydrogens is 252 g/mol. The van der Waals surface area contributed by atoms with Crippen LogP contribution in [-0.2, 0) is 6.61 Å². The Morgan fingerprint density at radius 1 is 1.00 bits per heavy atom. The maximum absolute atomic E-state index is 9.26. The standard InChI is InChI=1S/C13H11BrO/c14-12-7-6-11(9-15)13(8-12)10-4-2-1-3-5-10/h1-8,15H,9H2. The number of hydrogen-bond acceptors (Lipinski definition) is 1. The molecule has 1 nitrogen and oxygen atoms in total. The van der Waals surface area contributed by atoms with Crippen LogP contribution in [-0.4, -0.2) is 5.11 Å². The van der Waals surface area contributed by atoms with E-state index in [-0.39, 0.29) is 6.61 Å². The normalized spacial score (nSPS) is 10.3. The summed E-state index contributed by atoms with van der Waals surface area (Å²) in [6.45, 7) is 0.0670. The van der Waals surface area contributed by atoms with Crippen molar-refractivity contribution in [3.8, 4) is 11.1 Å². The van der Waals surface area contributed by atoms with Gasteiger partial charge < -0.3 is 5.11 Å². The molecule has 0 aliphatic heterocycles. The largest absolute Gasteiger partial charge is 0.392 e. The van der Waals surface area contributed by atoms with E-state index in [1.54, 1.807) is 0 Å². The minimum atomic E-state index is 0.0670. The van der Waals surface area contributed by atoms with Crippen molar-refractivity contribution in [2.75, 3.05) is 0 Å². The van der Waals surface area contributed by atoms with Gasteiger partial charge in [0.2, 0.25) is 0 Å². The lowest BCUT2D eigenvalue weighted by Crippen LogP contribution is -1.88. The molecule has 0 heterocycles. The highest BCUT2D eigenvalue weighted by molar-refractivity contribution is 9.10. The molecular formula is C13H11BrO. The quantitative estimate of drug-likeness (QED) is 0.877. The minimum absolute atomic E-state index is 0.0670. The summed E-state index contributed by atoms with van der Waals surface area (Å²) in [5.41, 5.74) is 3.15. The highest BCUT2D eigenvalue weighted by atomic mass is 79.9. The van der Waals surface area contributed by atoms with Gasteiger partial charge in [0.05, 0.1) is 6.61 Å². The topological polar surface area (TPSA) is 20.2 Å². The molecule has 0 radical (unpaired) electrons. The number of benzene rings is 2. The van der Waals surface area contributed by atoms with E-state index >= 15 is 0 Å². The van der Waals surface area contributed by atoms with Gasteiger partial charge >= 0.3 is 0 Å². The number of aliphatic hydroxyl groups excluding tert-OH is 1. The third-order valence-corrected chi connectivity index (χ3v) is 2.82. The molecule has 0 saturated carbocycles. The fourth-order valence-electron chi connectivity index (χ4n) is 1.57. The van der Waals surface area contributed by atoms with E-state index < -0.39 is 0 Å². The molecule has 0 fully saturated rings. The lowest BCUT2D eigenvalue weighted by atomic mass is 10.0. The zero-order valence-corrected chi connectivity index (χ0v) is 9.74. The van der Waals surface area contributed by atoms with Crippen molar-refractivity contribution in [3.63, 3.8) is 0 Å². The molecule has 15 heavy (non-hydrogen) atoms. The molecule has 1 N–H and O–H groups in total. The van der Waals surface area contributed by atoms with Gasteiger partial charge in [0.1, 0.15) is 0 Å². The van der Waals surface area contributed by atoms with Crippen LogP contribution in [0.3, 0.4) is 0 Å². The Bertz CT molecular complexity index is 451. The summed E-state index contributed by atoms with van der Waals surface area (Å²) in [5, 5.41) is 9.26. The first-order chi connectivity index (χ1) is 7.31. The van der Waals surface area contributed by atoms with Crippen LogP contribution in [0.15, 0.2) is 53.0 Å². The molecule has 0 amide bonds. The summed E-state index contributed by atoms with van der Waals surface area (Å²) in [4.78, 5) is 0. The van der Waals surface area contributed by atoms with Gasteiger partial charge in [-0.1, -0.05) is 52.3 Å². The van der Waals surface area contributed by atoms with E-state index in [0.717, 1.165) is 21.2 Å². The van der Waals surface area contributed by atoms with Gasteiger partial charge in [-0.3, -0.25) is 0 Å². The number of aliphatic hydroxyl groups is 1. The van der Waals surface area contributed by atoms with Crippen molar-refractivity contribution in [2.45, 2.75) is 6.61 Å². The molecule has 0 aromatic heterocycles. The molecule has 0 spiro atoms. The van der Waals surface area contributed by atoms with E-state index in [1.807, 2.05) is 48.5 Å². The van der Waals surface area contributed by atoms with Crippen LogP contribution >= 0.6 is 15.9 Å². The lowest BCUT2D eigenvalue weighted by Gasteiger charge is -2.07. The molecule has 0 bridgehead atoms. The second kappa shape index (κ2) is 4.60. The Balaban J connectivity index is 2.56. The average Bonchev–Trinajstić information content (AvgIpc) is 2.30. The van der Waals surface area contributed by atoms with Gasteiger partial charge in [-0.15, -0.1) is 0 Å². The molecule has 2 heteroatoms. The molecule has 2 aromatic rings. The summed E-state index contributed by atoms with van der Waals surface area (Å²) < 4.78 is 1.03. The summed E-state index contributed by atoms with van der Waals surface area (Å²) in [6, 6.07) is 16.0. The Hall–Kier alpha value is -1.12. The maximum atomic E-state index is 9.26. The lowest BCUT2D eigenvalue weighted by molar-refractivity contribution is 0.282. The third-order valence-electron chi connectivity index (χ3n) is 2.33. The van der Waals surface area contributed by atoms with Crippen LogP contribution in [0.4, 0.5) is 0 Å². The Morgan fingerprint density at radius 3 is 2.40 bits per heavy atom. The minimum Gasteiger partial charge on any atom is -0.392 e. The van der Waals surface area contributed by atoms with Gasteiger partial charge in [0.25, 0.3) is 0 Å². The number of rotatable bonds is 2. The van der Waals surface area contributed by atoms with Crippen LogP contribution in [0, 0.1) is 0 Å². The number of halogens is 1. The van der Waals surface area contributed by atoms with Crippen LogP contribution in [0.1, 0.15) is 5.56 Å². The Kier molecular flexibility index (Phi) is 3.19. The molecule has 0 saturated heterocycles. The molecule has 0 aliphatic rings. The van der Waals surface area contributed by atoms with Gasteiger partial charge in [0, 0.05) is 4.47 Å². The SMILES string of the molecule is OCc1ccc(Br)cc1-c1ccccc1. The third kappa shape index (κ3) is 2.28. The van der Waals surface area contributed by atoms with Crippen LogP contribution in [0.25, 0.3) is 11.1 Å². The van der Waals surface area contributed by atoms with Crippen molar-refractivity contribution in [1.29, 1.82) is 0 Å². The molecule has 2 rings (SSSR count). The first kappa shape index (κ1) is 10.4. The second-order valence-electron chi connectivity index (χ2n) is 3.33.